The average Bonchev–Trinajstić information content (AvgIpc) is 2.68. The summed E-state index contributed by atoms with van der Waals surface area (Å²) in [4.78, 5) is 27.4. The van der Waals surface area contributed by atoms with Crippen molar-refractivity contribution >= 4 is 11.7 Å². The first-order chi connectivity index (χ1) is 12.2. The summed E-state index contributed by atoms with van der Waals surface area (Å²) < 4.78 is 4.98. The predicted molar refractivity (Wildman–Crippen MR) is 95.2 cm³/mol. The molecule has 3 rings (SSSR count). The highest BCUT2D eigenvalue weighted by Gasteiger charge is 2.26. The molecule has 7 nitrogen and oxygen atoms in total. The molecule has 1 atom stereocenters. The largest absolute Gasteiger partial charge is 0.375 e. The van der Waals surface area contributed by atoms with Gasteiger partial charge in [-0.25, -0.2) is 9.97 Å². The second-order valence-electron chi connectivity index (χ2n) is 6.11. The quantitative estimate of drug-likeness (QED) is 0.895. The van der Waals surface area contributed by atoms with Crippen LogP contribution in [0.15, 0.2) is 30.6 Å². The lowest BCUT2D eigenvalue weighted by Gasteiger charge is -2.32. The van der Waals surface area contributed by atoms with E-state index in [1.54, 1.807) is 19.5 Å². The molecule has 0 aliphatic carbocycles. The van der Waals surface area contributed by atoms with Gasteiger partial charge in [-0.1, -0.05) is 0 Å². The van der Waals surface area contributed by atoms with Crippen LogP contribution in [-0.2, 0) is 9.53 Å². The number of hydrogen-bond donors (Lipinski definition) is 1. The molecule has 3 heterocycles. The van der Waals surface area contributed by atoms with Gasteiger partial charge in [0.05, 0.1) is 5.69 Å². The molecule has 0 radical (unpaired) electrons. The number of carbonyl (C=O) groups excluding carboxylic acids is 1. The summed E-state index contributed by atoms with van der Waals surface area (Å²) in [6, 6.07) is 5.78. The van der Waals surface area contributed by atoms with Gasteiger partial charge in [0.2, 0.25) is 5.91 Å². The molecule has 2 aromatic heterocycles. The van der Waals surface area contributed by atoms with Gasteiger partial charge in [-0.3, -0.25) is 9.78 Å². The first-order valence-corrected chi connectivity index (χ1v) is 8.45. The molecule has 1 amide bonds. The summed E-state index contributed by atoms with van der Waals surface area (Å²) >= 11 is 0. The second kappa shape index (κ2) is 8.02. The summed E-state index contributed by atoms with van der Waals surface area (Å²) in [5.74, 6) is 1.64. The molecular weight excluding hydrogens is 318 g/mol. The minimum absolute atomic E-state index is 0.0302. The molecule has 1 aliphatic rings. The molecular formula is C18H23N5O2. The van der Waals surface area contributed by atoms with E-state index in [1.165, 1.54) is 0 Å². The van der Waals surface area contributed by atoms with E-state index in [-0.39, 0.29) is 18.4 Å². The minimum atomic E-state index is 0.0302. The van der Waals surface area contributed by atoms with Crippen molar-refractivity contribution in [2.45, 2.75) is 18.8 Å². The van der Waals surface area contributed by atoms with Gasteiger partial charge in [-0.05, 0) is 25.0 Å². The molecule has 2 aromatic rings. The molecule has 25 heavy (non-hydrogen) atoms. The van der Waals surface area contributed by atoms with Crippen molar-refractivity contribution in [1.82, 2.24) is 19.9 Å². The molecule has 1 fully saturated rings. The Bertz CT molecular complexity index is 723. The maximum absolute atomic E-state index is 12.1. The van der Waals surface area contributed by atoms with Crippen LogP contribution < -0.4 is 5.32 Å². The van der Waals surface area contributed by atoms with Crippen molar-refractivity contribution in [3.63, 3.8) is 0 Å². The molecule has 1 N–H and O–H groups in total. The number of nitrogens with zero attached hydrogens (tertiary/aromatic N) is 4. The normalized spacial score (nSPS) is 17.4. The van der Waals surface area contributed by atoms with Gasteiger partial charge in [0, 0.05) is 57.2 Å². The van der Waals surface area contributed by atoms with Gasteiger partial charge < -0.3 is 15.0 Å². The fourth-order valence-electron chi connectivity index (χ4n) is 3.09. The van der Waals surface area contributed by atoms with Crippen molar-refractivity contribution in [3.8, 4) is 11.4 Å². The Morgan fingerprint density at radius 2 is 2.32 bits per heavy atom. The molecule has 0 spiro atoms. The number of anilines is 1. The van der Waals surface area contributed by atoms with Crippen molar-refractivity contribution in [2.24, 2.45) is 0 Å². The number of ether oxygens (including phenoxy) is 1. The van der Waals surface area contributed by atoms with Crippen molar-refractivity contribution in [1.29, 1.82) is 0 Å². The Balaban J connectivity index is 1.87. The zero-order valence-corrected chi connectivity index (χ0v) is 14.6. The van der Waals surface area contributed by atoms with Crippen LogP contribution in [0.1, 0.15) is 24.5 Å². The minimum Gasteiger partial charge on any atom is -0.375 e. The number of rotatable bonds is 5. The lowest BCUT2D eigenvalue weighted by atomic mass is 9.94. The average molecular weight is 341 g/mol. The number of pyridine rings is 1. The van der Waals surface area contributed by atoms with Crippen LogP contribution >= 0.6 is 0 Å². The molecule has 132 valence electrons. The van der Waals surface area contributed by atoms with E-state index in [0.717, 1.165) is 36.5 Å². The number of amides is 1. The highest BCUT2D eigenvalue weighted by molar-refractivity contribution is 5.77. The third kappa shape index (κ3) is 4.11. The van der Waals surface area contributed by atoms with Crippen LogP contribution in [0.4, 0.5) is 5.82 Å². The number of nitrogens with one attached hydrogen (secondary N) is 1. The Morgan fingerprint density at radius 1 is 1.44 bits per heavy atom. The third-order valence-electron chi connectivity index (χ3n) is 4.38. The summed E-state index contributed by atoms with van der Waals surface area (Å²) in [5.41, 5.74) is 1.83. The summed E-state index contributed by atoms with van der Waals surface area (Å²) in [7, 11) is 3.39. The van der Waals surface area contributed by atoms with E-state index in [0.29, 0.717) is 12.4 Å². The maximum Gasteiger partial charge on any atom is 0.248 e. The van der Waals surface area contributed by atoms with E-state index in [2.05, 4.69) is 15.3 Å². The fourth-order valence-corrected chi connectivity index (χ4v) is 3.09. The van der Waals surface area contributed by atoms with Crippen LogP contribution in [0.5, 0.6) is 0 Å². The van der Waals surface area contributed by atoms with Crippen LogP contribution in [0, 0.1) is 0 Å². The first kappa shape index (κ1) is 17.3. The number of aromatic nitrogens is 3. The summed E-state index contributed by atoms with van der Waals surface area (Å²) in [6.45, 7) is 1.56. The Hall–Kier alpha value is -2.54. The smallest absolute Gasteiger partial charge is 0.248 e. The Morgan fingerprint density at radius 3 is 3.04 bits per heavy atom. The van der Waals surface area contributed by atoms with Crippen molar-refractivity contribution < 1.29 is 9.53 Å². The monoisotopic (exact) mass is 341 g/mol. The standard InChI is InChI=1S/C18H23N5O2/c1-19-16-9-15(21-18(22-16)13-5-3-7-20-10-13)14-6-4-8-23(11-14)17(24)12-25-2/h3,5,7,9-10,14H,4,6,8,11-12H2,1-2H3,(H,19,21,22). The van der Waals surface area contributed by atoms with E-state index in [1.807, 2.05) is 30.1 Å². The summed E-state index contributed by atoms with van der Waals surface area (Å²) in [5, 5.41) is 3.10. The van der Waals surface area contributed by atoms with Gasteiger partial charge in [-0.2, -0.15) is 0 Å². The number of carbonyl (C=O) groups is 1. The third-order valence-corrected chi connectivity index (χ3v) is 4.38. The molecule has 1 aliphatic heterocycles. The lowest BCUT2D eigenvalue weighted by molar-refractivity contribution is -0.136. The Labute approximate surface area is 147 Å². The number of hydrogen-bond acceptors (Lipinski definition) is 6. The van der Waals surface area contributed by atoms with Gasteiger partial charge in [0.15, 0.2) is 5.82 Å². The van der Waals surface area contributed by atoms with Crippen LogP contribution in [0.3, 0.4) is 0 Å². The van der Waals surface area contributed by atoms with Crippen molar-refractivity contribution in [2.75, 3.05) is 39.2 Å². The van der Waals surface area contributed by atoms with Gasteiger partial charge in [0.25, 0.3) is 0 Å². The van der Waals surface area contributed by atoms with E-state index < -0.39 is 0 Å². The number of likely N-dealkylation sites (tertiary alicyclic amines) is 1. The SMILES string of the molecule is CNc1cc(C2CCCN(C(=O)COC)C2)nc(-c2cccnc2)n1. The topological polar surface area (TPSA) is 80.2 Å². The molecule has 0 aromatic carbocycles. The first-order valence-electron chi connectivity index (χ1n) is 8.45. The molecule has 0 bridgehead atoms. The number of piperidine rings is 1. The zero-order valence-electron chi connectivity index (χ0n) is 14.6. The van der Waals surface area contributed by atoms with E-state index in [4.69, 9.17) is 9.72 Å². The van der Waals surface area contributed by atoms with Gasteiger partial charge in [0.1, 0.15) is 12.4 Å². The van der Waals surface area contributed by atoms with Gasteiger partial charge >= 0.3 is 0 Å². The molecule has 7 heteroatoms. The maximum atomic E-state index is 12.1. The lowest BCUT2D eigenvalue weighted by Crippen LogP contribution is -2.41. The second-order valence-corrected chi connectivity index (χ2v) is 6.11. The van der Waals surface area contributed by atoms with Crippen LogP contribution in [-0.4, -0.2) is 59.6 Å². The van der Waals surface area contributed by atoms with Crippen molar-refractivity contribution in [3.05, 3.63) is 36.3 Å². The highest BCUT2D eigenvalue weighted by Crippen LogP contribution is 2.28. The molecule has 1 saturated heterocycles. The predicted octanol–water partition coefficient (Wildman–Crippen LogP) is 1.93. The number of methoxy groups -OCH3 is 1. The van der Waals surface area contributed by atoms with Gasteiger partial charge in [-0.15, -0.1) is 0 Å². The molecule has 1 unspecified atom stereocenters. The van der Waals surface area contributed by atoms with Crippen LogP contribution in [0.25, 0.3) is 11.4 Å². The Kier molecular flexibility index (Phi) is 5.55. The molecule has 0 saturated carbocycles. The fraction of sp³-hybridized carbons (Fsp3) is 0.444. The highest BCUT2D eigenvalue weighted by atomic mass is 16.5. The van der Waals surface area contributed by atoms with E-state index in [9.17, 15) is 4.79 Å². The zero-order chi connectivity index (χ0) is 17.6. The summed E-state index contributed by atoms with van der Waals surface area (Å²) in [6.07, 6.45) is 5.45. The van der Waals surface area contributed by atoms with Crippen LogP contribution in [0.2, 0.25) is 0 Å². The van der Waals surface area contributed by atoms with E-state index >= 15 is 0 Å².